The molecule has 0 spiro atoms. The van der Waals surface area contributed by atoms with E-state index < -0.39 is 17.5 Å². The number of halogens is 1. The molecule has 0 aliphatic carbocycles. The van der Waals surface area contributed by atoms with Gasteiger partial charge in [0.2, 0.25) is 5.78 Å². The first-order valence-corrected chi connectivity index (χ1v) is 6.01. The van der Waals surface area contributed by atoms with Gasteiger partial charge in [0.25, 0.3) is 0 Å². The number of aliphatic carboxylic acids is 1. The third-order valence-electron chi connectivity index (χ3n) is 2.81. The molecule has 1 aromatic heterocycles. The van der Waals surface area contributed by atoms with Crippen LogP contribution in [0.15, 0.2) is 48.7 Å². The summed E-state index contributed by atoms with van der Waals surface area (Å²) in [5.41, 5.74) is 0.918. The summed E-state index contributed by atoms with van der Waals surface area (Å²) >= 11 is 0. The first kappa shape index (κ1) is 17.7. The van der Waals surface area contributed by atoms with E-state index in [4.69, 9.17) is 0 Å². The molecule has 5 nitrogen and oxygen atoms in total. The van der Waals surface area contributed by atoms with Gasteiger partial charge in [-0.15, -0.1) is 0 Å². The summed E-state index contributed by atoms with van der Waals surface area (Å²) in [6.07, 6.45) is 2.08. The van der Waals surface area contributed by atoms with Gasteiger partial charge in [0.05, 0.1) is 0 Å². The van der Waals surface area contributed by atoms with E-state index >= 15 is 0 Å². The van der Waals surface area contributed by atoms with Crippen LogP contribution in [-0.2, 0) is 33.2 Å². The van der Waals surface area contributed by atoms with Gasteiger partial charge in [-0.2, -0.15) is 0 Å². The van der Waals surface area contributed by atoms with Crippen LogP contribution in [0.3, 0.4) is 0 Å². The van der Waals surface area contributed by atoms with Crippen molar-refractivity contribution in [2.45, 2.75) is 6.54 Å². The van der Waals surface area contributed by atoms with Crippen molar-refractivity contribution >= 4 is 17.5 Å². The predicted molar refractivity (Wildman–Crippen MR) is 67.9 cm³/mol. The normalized spacial score (nSPS) is 10.9. The van der Waals surface area contributed by atoms with Crippen LogP contribution >= 0.6 is 0 Å². The van der Waals surface area contributed by atoms with Crippen LogP contribution in [0.25, 0.3) is 5.76 Å². The molecule has 0 aliphatic heterocycles. The molecule has 0 saturated heterocycles. The van der Waals surface area contributed by atoms with Gasteiger partial charge in [0, 0.05) is 18.4 Å². The quantitative estimate of drug-likeness (QED) is 0.323. The maximum atomic E-state index is 12.8. The van der Waals surface area contributed by atoms with Crippen molar-refractivity contribution in [2.24, 2.45) is 0 Å². The average Bonchev–Trinajstić information content (AvgIpc) is 2.89. The van der Waals surface area contributed by atoms with Crippen molar-refractivity contribution in [1.29, 1.82) is 0 Å². The first-order chi connectivity index (χ1) is 9.97. The van der Waals surface area contributed by atoms with E-state index in [2.05, 4.69) is 0 Å². The van der Waals surface area contributed by atoms with Crippen molar-refractivity contribution in [1.82, 2.24) is 4.57 Å². The summed E-state index contributed by atoms with van der Waals surface area (Å²) in [6.45, 7) is 0.293. The molecule has 1 aromatic carbocycles. The van der Waals surface area contributed by atoms with Gasteiger partial charge >= 0.3 is 17.1 Å². The van der Waals surface area contributed by atoms with Crippen LogP contribution in [0.4, 0.5) is 4.39 Å². The van der Waals surface area contributed by atoms with E-state index in [9.17, 15) is 24.2 Å². The van der Waals surface area contributed by atoms with E-state index in [0.717, 1.165) is 5.56 Å². The third kappa shape index (κ3) is 4.31. The van der Waals surface area contributed by atoms with Crippen LogP contribution < -0.4 is 10.2 Å². The maximum Gasteiger partial charge on any atom is 2.00 e. The Labute approximate surface area is 136 Å². The van der Waals surface area contributed by atoms with Gasteiger partial charge in [-0.1, -0.05) is 17.9 Å². The van der Waals surface area contributed by atoms with E-state index in [1.165, 1.54) is 22.8 Å². The summed E-state index contributed by atoms with van der Waals surface area (Å²) in [5.74, 6) is -4.40. The molecule has 0 bridgehead atoms. The minimum Gasteiger partial charge on any atom is -0.871 e. The molecule has 0 N–H and O–H groups in total. The molecule has 0 atom stereocenters. The Hall–Kier alpha value is -2.37. The van der Waals surface area contributed by atoms with Crippen molar-refractivity contribution in [3.8, 4) is 0 Å². The van der Waals surface area contributed by atoms with Crippen molar-refractivity contribution in [2.75, 3.05) is 0 Å². The van der Waals surface area contributed by atoms with Crippen molar-refractivity contribution < 1.29 is 41.3 Å². The molecule has 7 heteroatoms. The topological polar surface area (TPSA) is 85.2 Å². The molecule has 2 rings (SSSR count). The summed E-state index contributed by atoms with van der Waals surface area (Å²) in [4.78, 5) is 21.3. The standard InChI is InChI=1S/C15H12FNO4.Mn/c16-11-5-3-10(4-6-11)9-17-7-1-2-12(17)13(18)8-14(19)15(20)21;/h1-8,18H,9H2,(H,20,21);/q;+2/p-2/b13-8-;. The van der Waals surface area contributed by atoms with Crippen LogP contribution in [0.5, 0.6) is 0 Å². The number of carbonyl (C=O) groups excluding carboxylic acids is 2. The van der Waals surface area contributed by atoms with E-state index in [1.54, 1.807) is 24.4 Å². The number of ketones is 1. The zero-order chi connectivity index (χ0) is 15.4. The Balaban J connectivity index is 0.00000242. The van der Waals surface area contributed by atoms with Gasteiger partial charge in [-0.05, 0) is 35.9 Å². The van der Waals surface area contributed by atoms with Gasteiger partial charge < -0.3 is 19.6 Å². The molecule has 113 valence electrons. The molecule has 2 aromatic rings. The Kier molecular flexibility index (Phi) is 6.10. The van der Waals surface area contributed by atoms with E-state index in [0.29, 0.717) is 12.6 Å². The number of nitrogens with zero attached hydrogens (tertiary/aromatic N) is 1. The molecular weight excluding hydrogens is 332 g/mol. The zero-order valence-corrected chi connectivity index (χ0v) is 12.3. The average molecular weight is 342 g/mol. The van der Waals surface area contributed by atoms with Crippen molar-refractivity contribution in [3.05, 3.63) is 65.7 Å². The van der Waals surface area contributed by atoms with Crippen LogP contribution in [0, 0.1) is 5.82 Å². The fraction of sp³-hybridized carbons (Fsp3) is 0.0667. The summed E-state index contributed by atoms with van der Waals surface area (Å²) in [7, 11) is 0. The Morgan fingerprint density at radius 1 is 1.14 bits per heavy atom. The monoisotopic (exact) mass is 342 g/mol. The Morgan fingerprint density at radius 3 is 2.36 bits per heavy atom. The first-order valence-electron chi connectivity index (χ1n) is 6.01. The number of carboxylic acids is 1. The number of carbonyl (C=O) groups is 2. The molecule has 22 heavy (non-hydrogen) atoms. The number of rotatable bonds is 5. The largest absolute Gasteiger partial charge is 2.00 e. The summed E-state index contributed by atoms with van der Waals surface area (Å²) in [5, 5.41) is 22.2. The molecule has 1 heterocycles. The molecular formula is C15H10FMnNO4. The second kappa shape index (κ2) is 7.58. The summed E-state index contributed by atoms with van der Waals surface area (Å²) < 4.78 is 14.4. The number of hydrogen-bond acceptors (Lipinski definition) is 4. The van der Waals surface area contributed by atoms with E-state index in [1.807, 2.05) is 0 Å². The van der Waals surface area contributed by atoms with E-state index in [-0.39, 0.29) is 28.6 Å². The second-order valence-corrected chi connectivity index (χ2v) is 4.31. The Morgan fingerprint density at radius 2 is 1.77 bits per heavy atom. The maximum absolute atomic E-state index is 12.8. The second-order valence-electron chi connectivity index (χ2n) is 4.31. The van der Waals surface area contributed by atoms with Crippen LogP contribution in [0.2, 0.25) is 0 Å². The third-order valence-corrected chi connectivity index (χ3v) is 2.81. The fourth-order valence-electron chi connectivity index (χ4n) is 1.81. The summed E-state index contributed by atoms with van der Waals surface area (Å²) in [6, 6.07) is 8.79. The van der Waals surface area contributed by atoms with Crippen LogP contribution in [0.1, 0.15) is 11.3 Å². The number of aromatic nitrogens is 1. The molecule has 1 radical (unpaired) electrons. The number of carboxylic acid groups (broad SMARTS) is 1. The van der Waals surface area contributed by atoms with Crippen molar-refractivity contribution in [3.63, 3.8) is 0 Å². The molecule has 0 unspecified atom stereocenters. The number of hydrogen-bond donors (Lipinski definition) is 0. The molecule has 0 amide bonds. The minimum atomic E-state index is -1.93. The fourth-order valence-corrected chi connectivity index (χ4v) is 1.81. The zero-order valence-electron chi connectivity index (χ0n) is 11.2. The smallest absolute Gasteiger partial charge is 0.871 e. The molecule has 0 fully saturated rings. The van der Waals surface area contributed by atoms with Gasteiger partial charge in [0.1, 0.15) is 11.8 Å². The predicted octanol–water partition coefficient (Wildman–Crippen LogP) is -0.307. The van der Waals surface area contributed by atoms with Gasteiger partial charge in [0.15, 0.2) is 0 Å². The Bertz CT molecular complexity index is 707. The SMILES string of the molecule is O=C([O-])C(=O)/C=C(\[O-])c1cccn1Cc1ccc(F)cc1.[Mn+2]. The van der Waals surface area contributed by atoms with Gasteiger partial charge in [-0.25, -0.2) is 4.39 Å². The van der Waals surface area contributed by atoms with Gasteiger partial charge in [-0.3, -0.25) is 4.79 Å². The molecule has 0 aliphatic rings. The minimum absolute atomic E-state index is 0. The molecule has 0 saturated carbocycles. The van der Waals surface area contributed by atoms with Crippen LogP contribution in [-0.4, -0.2) is 16.3 Å². The number of benzene rings is 1.